The van der Waals surface area contributed by atoms with Crippen LogP contribution in [0, 0.1) is 13.8 Å². The maximum Gasteiger partial charge on any atom is 0.255 e. The van der Waals surface area contributed by atoms with Crippen LogP contribution in [-0.2, 0) is 16.6 Å². The Hall–Kier alpha value is -2.22. The Morgan fingerprint density at radius 2 is 1.64 bits per heavy atom. The lowest BCUT2D eigenvalue weighted by Crippen LogP contribution is -2.47. The Labute approximate surface area is 167 Å². The van der Waals surface area contributed by atoms with Gasteiger partial charge in [-0.2, -0.15) is 4.31 Å². The maximum atomic E-state index is 12.5. The van der Waals surface area contributed by atoms with Crippen molar-refractivity contribution in [1.82, 2.24) is 9.21 Å². The SMILES string of the molecule is Cc1ccc(C)c(NC(=O)c2ccc(CN3CCN(S(C)(=O)=O)CC3)cc2)c1. The van der Waals surface area contributed by atoms with Gasteiger partial charge in [0.1, 0.15) is 0 Å². The van der Waals surface area contributed by atoms with Gasteiger partial charge in [-0.25, -0.2) is 8.42 Å². The molecule has 6 nitrogen and oxygen atoms in total. The minimum Gasteiger partial charge on any atom is -0.322 e. The first-order chi connectivity index (χ1) is 13.2. The number of aryl methyl sites for hydroxylation is 2. The molecule has 0 atom stereocenters. The van der Waals surface area contributed by atoms with E-state index < -0.39 is 10.0 Å². The number of amides is 1. The summed E-state index contributed by atoms with van der Waals surface area (Å²) in [4.78, 5) is 14.8. The Morgan fingerprint density at radius 3 is 2.25 bits per heavy atom. The average Bonchev–Trinajstić information content (AvgIpc) is 2.65. The third kappa shape index (κ3) is 5.19. The van der Waals surface area contributed by atoms with Crippen LogP contribution in [0.1, 0.15) is 27.0 Å². The molecular formula is C21H27N3O3S. The first-order valence-electron chi connectivity index (χ1n) is 9.37. The van der Waals surface area contributed by atoms with Gasteiger partial charge in [-0.1, -0.05) is 24.3 Å². The van der Waals surface area contributed by atoms with E-state index in [9.17, 15) is 13.2 Å². The Bertz CT molecular complexity index is 947. The molecule has 1 fully saturated rings. The number of carbonyl (C=O) groups is 1. The van der Waals surface area contributed by atoms with Crippen LogP contribution >= 0.6 is 0 Å². The molecule has 1 N–H and O–H groups in total. The molecule has 7 heteroatoms. The second-order valence-electron chi connectivity index (χ2n) is 7.41. The monoisotopic (exact) mass is 401 g/mol. The molecule has 1 saturated heterocycles. The van der Waals surface area contributed by atoms with Crippen LogP contribution in [0.5, 0.6) is 0 Å². The second kappa shape index (κ2) is 8.43. The van der Waals surface area contributed by atoms with E-state index in [0.717, 1.165) is 28.9 Å². The lowest BCUT2D eigenvalue weighted by molar-refractivity contribution is 0.102. The molecule has 3 rings (SSSR count). The van der Waals surface area contributed by atoms with E-state index in [1.54, 1.807) is 0 Å². The molecule has 0 bridgehead atoms. The van der Waals surface area contributed by atoms with Crippen molar-refractivity contribution in [2.75, 3.05) is 37.8 Å². The van der Waals surface area contributed by atoms with E-state index in [1.807, 2.05) is 56.3 Å². The first kappa shape index (κ1) is 20.5. The zero-order valence-corrected chi connectivity index (χ0v) is 17.4. The predicted octanol–water partition coefficient (Wildman–Crippen LogP) is 2.63. The van der Waals surface area contributed by atoms with E-state index in [4.69, 9.17) is 0 Å². The van der Waals surface area contributed by atoms with Crippen LogP contribution in [-0.4, -0.2) is 56.0 Å². The van der Waals surface area contributed by atoms with E-state index in [1.165, 1.54) is 10.6 Å². The quantitative estimate of drug-likeness (QED) is 0.836. The highest BCUT2D eigenvalue weighted by molar-refractivity contribution is 7.88. The fourth-order valence-corrected chi connectivity index (χ4v) is 4.13. The zero-order valence-electron chi connectivity index (χ0n) is 16.6. The number of anilines is 1. The summed E-state index contributed by atoms with van der Waals surface area (Å²) in [6.45, 7) is 7.19. The molecule has 2 aromatic rings. The van der Waals surface area contributed by atoms with E-state index in [0.29, 0.717) is 31.7 Å². The van der Waals surface area contributed by atoms with Crippen molar-refractivity contribution in [2.24, 2.45) is 0 Å². The third-order valence-corrected chi connectivity index (χ3v) is 6.37. The third-order valence-electron chi connectivity index (χ3n) is 5.06. The summed E-state index contributed by atoms with van der Waals surface area (Å²) in [5.41, 5.74) is 4.69. The summed E-state index contributed by atoms with van der Waals surface area (Å²) in [6, 6.07) is 13.6. The summed E-state index contributed by atoms with van der Waals surface area (Å²) in [5.74, 6) is -0.123. The Morgan fingerprint density at radius 1 is 1.00 bits per heavy atom. The molecule has 0 aliphatic carbocycles. The smallest absolute Gasteiger partial charge is 0.255 e. The topological polar surface area (TPSA) is 69.7 Å². The number of nitrogens with one attached hydrogen (secondary N) is 1. The van der Waals surface area contributed by atoms with Gasteiger partial charge in [0.05, 0.1) is 6.26 Å². The van der Waals surface area contributed by atoms with Crippen molar-refractivity contribution in [1.29, 1.82) is 0 Å². The van der Waals surface area contributed by atoms with Crippen LogP contribution < -0.4 is 5.32 Å². The number of hydrogen-bond donors (Lipinski definition) is 1. The van der Waals surface area contributed by atoms with Crippen LogP contribution in [0.15, 0.2) is 42.5 Å². The second-order valence-corrected chi connectivity index (χ2v) is 9.39. The number of rotatable bonds is 5. The van der Waals surface area contributed by atoms with Crippen LogP contribution in [0.25, 0.3) is 0 Å². The first-order valence-corrected chi connectivity index (χ1v) is 11.2. The number of hydrogen-bond acceptors (Lipinski definition) is 4. The molecule has 28 heavy (non-hydrogen) atoms. The fraction of sp³-hybridized carbons (Fsp3) is 0.381. The lowest BCUT2D eigenvalue weighted by atomic mass is 10.1. The largest absolute Gasteiger partial charge is 0.322 e. The van der Waals surface area contributed by atoms with Gasteiger partial charge in [0.2, 0.25) is 10.0 Å². The molecule has 1 aliphatic rings. The summed E-state index contributed by atoms with van der Waals surface area (Å²) >= 11 is 0. The van der Waals surface area contributed by atoms with E-state index >= 15 is 0 Å². The van der Waals surface area contributed by atoms with E-state index in [2.05, 4.69) is 10.2 Å². The fourth-order valence-electron chi connectivity index (χ4n) is 3.30. The summed E-state index contributed by atoms with van der Waals surface area (Å²) in [6.07, 6.45) is 1.25. The number of benzene rings is 2. The molecule has 0 aromatic heterocycles. The Kier molecular flexibility index (Phi) is 6.17. The van der Waals surface area contributed by atoms with Gasteiger partial charge in [0, 0.05) is 44.0 Å². The Balaban J connectivity index is 1.58. The number of piperazine rings is 1. The van der Waals surface area contributed by atoms with Crippen LogP contribution in [0.2, 0.25) is 0 Å². The molecule has 0 unspecified atom stereocenters. The van der Waals surface area contributed by atoms with Crippen molar-refractivity contribution in [3.8, 4) is 0 Å². The van der Waals surface area contributed by atoms with Gasteiger partial charge in [-0.15, -0.1) is 0 Å². The van der Waals surface area contributed by atoms with Gasteiger partial charge in [0.15, 0.2) is 0 Å². The normalized spacial score (nSPS) is 16.1. The highest BCUT2D eigenvalue weighted by atomic mass is 32.2. The highest BCUT2D eigenvalue weighted by Gasteiger charge is 2.23. The van der Waals surface area contributed by atoms with Crippen molar-refractivity contribution in [3.05, 3.63) is 64.7 Å². The maximum absolute atomic E-state index is 12.5. The molecule has 1 amide bonds. The molecule has 0 radical (unpaired) electrons. The number of nitrogens with zero attached hydrogens (tertiary/aromatic N) is 2. The number of sulfonamides is 1. The van der Waals surface area contributed by atoms with E-state index in [-0.39, 0.29) is 5.91 Å². The van der Waals surface area contributed by atoms with Crippen molar-refractivity contribution < 1.29 is 13.2 Å². The van der Waals surface area contributed by atoms with Crippen LogP contribution in [0.4, 0.5) is 5.69 Å². The van der Waals surface area contributed by atoms with Gasteiger partial charge >= 0.3 is 0 Å². The molecule has 1 heterocycles. The van der Waals surface area contributed by atoms with Gasteiger partial charge < -0.3 is 5.32 Å². The molecule has 0 spiro atoms. The standard InChI is InChI=1S/C21H27N3O3S/c1-16-4-5-17(2)20(14-16)22-21(25)19-8-6-18(7-9-19)15-23-10-12-24(13-11-23)28(3,26)27/h4-9,14H,10-13,15H2,1-3H3,(H,22,25). The minimum absolute atomic E-state index is 0.123. The van der Waals surface area contributed by atoms with Gasteiger partial charge in [-0.3, -0.25) is 9.69 Å². The van der Waals surface area contributed by atoms with Crippen molar-refractivity contribution >= 4 is 21.6 Å². The van der Waals surface area contributed by atoms with Gasteiger partial charge in [0.25, 0.3) is 5.91 Å². The molecule has 1 aliphatic heterocycles. The average molecular weight is 402 g/mol. The molecule has 2 aromatic carbocycles. The number of carbonyl (C=O) groups excluding carboxylic acids is 1. The van der Waals surface area contributed by atoms with Gasteiger partial charge in [-0.05, 0) is 48.7 Å². The summed E-state index contributed by atoms with van der Waals surface area (Å²) < 4.78 is 24.7. The predicted molar refractivity (Wildman–Crippen MR) is 112 cm³/mol. The van der Waals surface area contributed by atoms with Crippen molar-refractivity contribution in [3.63, 3.8) is 0 Å². The van der Waals surface area contributed by atoms with Crippen molar-refractivity contribution in [2.45, 2.75) is 20.4 Å². The highest BCUT2D eigenvalue weighted by Crippen LogP contribution is 2.18. The minimum atomic E-state index is -3.11. The lowest BCUT2D eigenvalue weighted by Gasteiger charge is -2.33. The molecule has 150 valence electrons. The van der Waals surface area contributed by atoms with Crippen LogP contribution in [0.3, 0.4) is 0 Å². The summed E-state index contributed by atoms with van der Waals surface area (Å²) in [5, 5.41) is 2.98. The molecular weight excluding hydrogens is 374 g/mol. The summed E-state index contributed by atoms with van der Waals surface area (Å²) in [7, 11) is -3.11. The molecule has 0 saturated carbocycles. The zero-order chi connectivity index (χ0) is 20.3.